The summed E-state index contributed by atoms with van der Waals surface area (Å²) in [6.07, 6.45) is -1.34. The first kappa shape index (κ1) is 24.4. The second-order valence-corrected chi connectivity index (χ2v) is 9.09. The zero-order valence-corrected chi connectivity index (χ0v) is 17.7. The summed E-state index contributed by atoms with van der Waals surface area (Å²) in [6, 6.07) is 8.03. The SMILES string of the molecule is CC(O)C(C)(CO)N(Cc1ccc(OC(F)F)cc1F)S(=O)(=O)c1ccc(Cl)cc1. The number of aliphatic hydroxyl groups is 2. The molecular weight excluding hydrogens is 447 g/mol. The average Bonchev–Trinajstić information content (AvgIpc) is 2.66. The van der Waals surface area contributed by atoms with Gasteiger partial charge in [-0.15, -0.1) is 0 Å². The van der Waals surface area contributed by atoms with Crippen LogP contribution in [0.4, 0.5) is 13.2 Å². The van der Waals surface area contributed by atoms with Crippen LogP contribution in [0.25, 0.3) is 0 Å². The molecule has 2 atom stereocenters. The third-order valence-electron chi connectivity index (χ3n) is 4.76. The number of aliphatic hydroxyl groups excluding tert-OH is 2. The van der Waals surface area contributed by atoms with E-state index in [0.29, 0.717) is 11.1 Å². The predicted octanol–water partition coefficient (Wildman–Crippen LogP) is 3.40. The van der Waals surface area contributed by atoms with E-state index in [9.17, 15) is 31.8 Å². The van der Waals surface area contributed by atoms with Gasteiger partial charge in [0.25, 0.3) is 0 Å². The van der Waals surface area contributed by atoms with Crippen molar-refractivity contribution < 1.29 is 36.5 Å². The molecule has 2 aromatic carbocycles. The zero-order chi connectivity index (χ0) is 22.7. The first-order valence-electron chi connectivity index (χ1n) is 8.72. The summed E-state index contributed by atoms with van der Waals surface area (Å²) in [4.78, 5) is -0.190. The normalized spacial score (nSPS) is 15.3. The van der Waals surface area contributed by atoms with Crippen LogP contribution in [-0.2, 0) is 16.6 Å². The number of hydrogen-bond donors (Lipinski definition) is 2. The van der Waals surface area contributed by atoms with Crippen molar-refractivity contribution in [1.82, 2.24) is 4.31 Å². The molecule has 30 heavy (non-hydrogen) atoms. The van der Waals surface area contributed by atoms with Gasteiger partial charge in [-0.3, -0.25) is 0 Å². The molecule has 0 spiro atoms. The fourth-order valence-electron chi connectivity index (χ4n) is 2.68. The van der Waals surface area contributed by atoms with E-state index in [1.165, 1.54) is 38.1 Å². The highest BCUT2D eigenvalue weighted by Gasteiger charge is 2.44. The van der Waals surface area contributed by atoms with Gasteiger partial charge in [-0.25, -0.2) is 12.8 Å². The van der Waals surface area contributed by atoms with Gasteiger partial charge in [-0.05, 0) is 44.2 Å². The van der Waals surface area contributed by atoms with Gasteiger partial charge >= 0.3 is 6.61 Å². The van der Waals surface area contributed by atoms with Gasteiger partial charge in [0.15, 0.2) is 0 Å². The topological polar surface area (TPSA) is 87.1 Å². The molecular formula is C19H21ClF3NO5S. The van der Waals surface area contributed by atoms with E-state index in [1.807, 2.05) is 0 Å². The van der Waals surface area contributed by atoms with Crippen LogP contribution in [0.5, 0.6) is 5.75 Å². The van der Waals surface area contributed by atoms with Gasteiger partial charge in [0.1, 0.15) is 11.6 Å². The largest absolute Gasteiger partial charge is 0.435 e. The number of alkyl halides is 2. The Morgan fingerprint density at radius 2 is 1.80 bits per heavy atom. The van der Waals surface area contributed by atoms with E-state index in [2.05, 4.69) is 4.74 Å². The van der Waals surface area contributed by atoms with Crippen LogP contribution in [-0.4, -0.2) is 47.8 Å². The maximum atomic E-state index is 14.5. The number of rotatable bonds is 9. The molecule has 11 heteroatoms. The van der Waals surface area contributed by atoms with Crippen molar-refractivity contribution in [1.29, 1.82) is 0 Å². The summed E-state index contributed by atoms with van der Waals surface area (Å²) >= 11 is 5.81. The van der Waals surface area contributed by atoms with Crippen LogP contribution in [0.1, 0.15) is 19.4 Å². The van der Waals surface area contributed by atoms with E-state index < -0.39 is 53.0 Å². The number of benzene rings is 2. The van der Waals surface area contributed by atoms with Crippen molar-refractivity contribution in [2.24, 2.45) is 0 Å². The maximum absolute atomic E-state index is 14.5. The number of nitrogens with zero attached hydrogens (tertiary/aromatic N) is 1. The molecule has 0 heterocycles. The van der Waals surface area contributed by atoms with Crippen molar-refractivity contribution in [3.63, 3.8) is 0 Å². The molecule has 0 aliphatic rings. The first-order chi connectivity index (χ1) is 13.9. The molecule has 6 nitrogen and oxygen atoms in total. The highest BCUT2D eigenvalue weighted by atomic mass is 35.5. The van der Waals surface area contributed by atoms with Crippen LogP contribution in [0.3, 0.4) is 0 Å². The Morgan fingerprint density at radius 1 is 1.20 bits per heavy atom. The number of halogens is 4. The van der Waals surface area contributed by atoms with E-state index in [-0.39, 0.29) is 10.5 Å². The Balaban J connectivity index is 2.54. The van der Waals surface area contributed by atoms with Crippen LogP contribution >= 0.6 is 11.6 Å². The summed E-state index contributed by atoms with van der Waals surface area (Å²) in [5.41, 5.74) is -1.89. The van der Waals surface area contributed by atoms with Crippen molar-refractivity contribution in [3.05, 3.63) is 58.9 Å². The van der Waals surface area contributed by atoms with Crippen LogP contribution in [0.2, 0.25) is 5.02 Å². The summed E-state index contributed by atoms with van der Waals surface area (Å²) in [5, 5.41) is 20.4. The van der Waals surface area contributed by atoms with Gasteiger partial charge in [-0.1, -0.05) is 17.7 Å². The second kappa shape index (κ2) is 9.52. The third kappa shape index (κ3) is 5.25. The molecule has 0 amide bonds. The lowest BCUT2D eigenvalue weighted by atomic mass is 9.96. The van der Waals surface area contributed by atoms with Crippen molar-refractivity contribution in [2.75, 3.05) is 6.61 Å². The van der Waals surface area contributed by atoms with Gasteiger partial charge in [0.05, 0.1) is 23.1 Å². The summed E-state index contributed by atoms with van der Waals surface area (Å²) in [5.74, 6) is -1.42. The number of sulfonamides is 1. The second-order valence-electron chi connectivity index (χ2n) is 6.79. The van der Waals surface area contributed by atoms with E-state index in [4.69, 9.17) is 11.6 Å². The first-order valence-corrected chi connectivity index (χ1v) is 10.5. The van der Waals surface area contributed by atoms with Crippen molar-refractivity contribution >= 4 is 21.6 Å². The molecule has 0 saturated heterocycles. The minimum Gasteiger partial charge on any atom is -0.435 e. The molecule has 2 aromatic rings. The fraction of sp³-hybridized carbons (Fsp3) is 0.368. The third-order valence-corrected chi connectivity index (χ3v) is 7.00. The van der Waals surface area contributed by atoms with E-state index in [0.717, 1.165) is 16.4 Å². The Labute approximate surface area is 177 Å². The Bertz CT molecular complexity index is 973. The van der Waals surface area contributed by atoms with Gasteiger partial charge in [-0.2, -0.15) is 13.1 Å². The Kier molecular flexibility index (Phi) is 7.75. The summed E-state index contributed by atoms with van der Waals surface area (Å²) in [7, 11) is -4.34. The molecule has 2 N–H and O–H groups in total. The summed E-state index contributed by atoms with van der Waals surface area (Å²) in [6.45, 7) is -1.92. The smallest absolute Gasteiger partial charge is 0.387 e. The van der Waals surface area contributed by atoms with E-state index >= 15 is 0 Å². The van der Waals surface area contributed by atoms with Gasteiger partial charge in [0, 0.05) is 23.2 Å². The Morgan fingerprint density at radius 3 is 2.27 bits per heavy atom. The molecule has 0 aliphatic carbocycles. The molecule has 2 unspecified atom stereocenters. The molecule has 0 aromatic heterocycles. The molecule has 166 valence electrons. The molecule has 2 rings (SSSR count). The lowest BCUT2D eigenvalue weighted by molar-refractivity contribution is -0.0500. The van der Waals surface area contributed by atoms with Gasteiger partial charge < -0.3 is 14.9 Å². The minimum absolute atomic E-state index is 0.172. The summed E-state index contributed by atoms with van der Waals surface area (Å²) < 4.78 is 70.7. The van der Waals surface area contributed by atoms with Crippen molar-refractivity contribution in [3.8, 4) is 5.75 Å². The minimum atomic E-state index is -4.34. The highest BCUT2D eigenvalue weighted by molar-refractivity contribution is 7.89. The highest BCUT2D eigenvalue weighted by Crippen LogP contribution is 2.31. The maximum Gasteiger partial charge on any atom is 0.387 e. The molecule has 0 radical (unpaired) electrons. The van der Waals surface area contributed by atoms with Crippen LogP contribution in [0.15, 0.2) is 47.4 Å². The molecule has 0 fully saturated rings. The number of hydrogen-bond acceptors (Lipinski definition) is 5. The molecule has 0 bridgehead atoms. The molecule has 0 saturated carbocycles. The predicted molar refractivity (Wildman–Crippen MR) is 104 cm³/mol. The van der Waals surface area contributed by atoms with Crippen LogP contribution < -0.4 is 4.74 Å². The quantitative estimate of drug-likeness (QED) is 0.590. The lowest BCUT2D eigenvalue weighted by Gasteiger charge is -2.41. The molecule has 0 aliphatic heterocycles. The Hall–Kier alpha value is -1.85. The number of ether oxygens (including phenoxy) is 1. The standard InChI is InChI=1S/C19H21ClF3NO5S/c1-12(26)19(2,11-25)24(30(27,28)16-7-4-14(20)5-8-16)10-13-3-6-15(9-17(13)21)29-18(22)23/h3-9,12,18,25-26H,10-11H2,1-2H3. The monoisotopic (exact) mass is 467 g/mol. The lowest BCUT2D eigenvalue weighted by Crippen LogP contribution is -2.58. The van der Waals surface area contributed by atoms with Crippen molar-refractivity contribution in [2.45, 2.75) is 43.5 Å². The zero-order valence-electron chi connectivity index (χ0n) is 16.1. The average molecular weight is 468 g/mol. The fourth-order valence-corrected chi connectivity index (χ4v) is 4.61. The van der Waals surface area contributed by atoms with E-state index in [1.54, 1.807) is 0 Å². The van der Waals surface area contributed by atoms with Crippen LogP contribution in [0, 0.1) is 5.82 Å². The van der Waals surface area contributed by atoms with Gasteiger partial charge in [0.2, 0.25) is 10.0 Å².